The third-order valence-electron chi connectivity index (χ3n) is 3.02. The lowest BCUT2D eigenvalue weighted by Crippen LogP contribution is -2.31. The van der Waals surface area contributed by atoms with Crippen LogP contribution < -0.4 is 16.0 Å². The zero-order valence-electron chi connectivity index (χ0n) is 11.9. The van der Waals surface area contributed by atoms with Gasteiger partial charge in [-0.3, -0.25) is 14.9 Å². The molecule has 1 aromatic heterocycles. The fourth-order valence-electron chi connectivity index (χ4n) is 1.89. The quantitative estimate of drug-likeness (QED) is 0.440. The first-order valence-corrected chi connectivity index (χ1v) is 7.69. The molecule has 0 bridgehead atoms. The molecule has 0 spiro atoms. The van der Waals surface area contributed by atoms with Gasteiger partial charge in [0, 0.05) is 13.2 Å². The number of amides is 1. The van der Waals surface area contributed by atoms with E-state index in [-0.39, 0.29) is 16.3 Å². The van der Waals surface area contributed by atoms with Gasteiger partial charge in [-0.2, -0.15) is 0 Å². The van der Waals surface area contributed by atoms with Gasteiger partial charge in [-0.15, -0.1) is 0 Å². The molecule has 118 valence electrons. The van der Waals surface area contributed by atoms with Gasteiger partial charge in [0.2, 0.25) is 0 Å². The highest BCUT2D eigenvalue weighted by atomic mass is 32.2. The van der Waals surface area contributed by atoms with E-state index in [1.54, 1.807) is 13.0 Å². The number of nitrogen functional groups attached to an aromatic ring is 1. The molecule has 0 saturated carbocycles. The predicted molar refractivity (Wildman–Crippen MR) is 79.0 cm³/mol. The first kappa shape index (κ1) is 16.0. The molecule has 9 heteroatoms. The molecule has 1 heterocycles. The predicted octanol–water partition coefficient (Wildman–Crippen LogP) is 0.877. The number of carbonyl (C=O) groups is 1. The van der Waals surface area contributed by atoms with Gasteiger partial charge in [0.1, 0.15) is 16.4 Å². The molecule has 0 unspecified atom stereocenters. The topological polar surface area (TPSA) is 106 Å². The largest absolute Gasteiger partial charge is 0.345 e. The van der Waals surface area contributed by atoms with Crippen molar-refractivity contribution < 1.29 is 17.6 Å². The molecule has 1 aromatic carbocycles. The Labute approximate surface area is 127 Å². The maximum Gasteiger partial charge on any atom is 0.281 e. The second kappa shape index (κ2) is 5.78. The molecule has 2 aromatic rings. The summed E-state index contributed by atoms with van der Waals surface area (Å²) in [5, 5.41) is 0. The fourth-order valence-corrected chi connectivity index (χ4v) is 3.02. The van der Waals surface area contributed by atoms with Crippen molar-refractivity contribution in [2.75, 3.05) is 4.72 Å². The molecule has 0 saturated heterocycles. The molecule has 2 rings (SSSR count). The third-order valence-corrected chi connectivity index (χ3v) is 4.36. The van der Waals surface area contributed by atoms with Crippen LogP contribution in [0.1, 0.15) is 16.1 Å². The minimum absolute atomic E-state index is 0.0623. The van der Waals surface area contributed by atoms with Crippen LogP contribution in [0.3, 0.4) is 0 Å². The lowest BCUT2D eigenvalue weighted by atomic mass is 10.2. The number of hydrogen-bond donors (Lipinski definition) is 3. The molecule has 0 aliphatic carbocycles. The number of hydrazine groups is 1. The number of aromatic nitrogens is 1. The zero-order valence-corrected chi connectivity index (χ0v) is 12.7. The van der Waals surface area contributed by atoms with Crippen molar-refractivity contribution in [3.8, 4) is 0 Å². The summed E-state index contributed by atoms with van der Waals surface area (Å²) in [5.41, 5.74) is 2.48. The summed E-state index contributed by atoms with van der Waals surface area (Å²) in [6.07, 6.45) is 1.24. The number of nitrogens with two attached hydrogens (primary N) is 1. The Balaban J connectivity index is 2.37. The number of aryl methyl sites for hydroxylation is 2. The molecule has 0 aliphatic heterocycles. The Morgan fingerprint density at radius 3 is 2.59 bits per heavy atom. The monoisotopic (exact) mass is 326 g/mol. The number of halogens is 1. The molecule has 0 fully saturated rings. The van der Waals surface area contributed by atoms with Crippen molar-refractivity contribution in [2.45, 2.75) is 11.8 Å². The van der Waals surface area contributed by atoms with E-state index in [1.165, 1.54) is 29.9 Å². The van der Waals surface area contributed by atoms with E-state index in [0.29, 0.717) is 5.56 Å². The Morgan fingerprint density at radius 1 is 1.32 bits per heavy atom. The van der Waals surface area contributed by atoms with Crippen LogP contribution in [-0.2, 0) is 17.1 Å². The molecular formula is C13H15FN4O3S. The van der Waals surface area contributed by atoms with Crippen LogP contribution in [0, 0.1) is 12.7 Å². The van der Waals surface area contributed by atoms with Gasteiger partial charge in [-0.25, -0.2) is 18.7 Å². The van der Waals surface area contributed by atoms with Crippen LogP contribution in [0.4, 0.5) is 10.1 Å². The van der Waals surface area contributed by atoms with Crippen molar-refractivity contribution in [1.29, 1.82) is 0 Å². The van der Waals surface area contributed by atoms with E-state index in [4.69, 9.17) is 5.84 Å². The van der Waals surface area contributed by atoms with Crippen LogP contribution in [-0.4, -0.2) is 18.9 Å². The maximum absolute atomic E-state index is 13.8. The highest BCUT2D eigenvalue weighted by Gasteiger charge is 2.21. The molecule has 4 N–H and O–H groups in total. The van der Waals surface area contributed by atoms with Gasteiger partial charge in [-0.05, 0) is 30.7 Å². The van der Waals surface area contributed by atoms with Gasteiger partial charge >= 0.3 is 0 Å². The summed E-state index contributed by atoms with van der Waals surface area (Å²) >= 11 is 0. The Hall–Kier alpha value is -2.39. The summed E-state index contributed by atoms with van der Waals surface area (Å²) in [5.74, 6) is 3.71. The van der Waals surface area contributed by atoms with Crippen LogP contribution in [0.15, 0.2) is 35.4 Å². The van der Waals surface area contributed by atoms with Gasteiger partial charge < -0.3 is 4.57 Å². The number of nitrogens with one attached hydrogen (secondary N) is 2. The number of nitrogens with zero attached hydrogens (tertiary/aromatic N) is 1. The fraction of sp³-hybridized carbons (Fsp3) is 0.154. The van der Waals surface area contributed by atoms with Crippen molar-refractivity contribution in [1.82, 2.24) is 9.99 Å². The second-order valence-electron chi connectivity index (χ2n) is 4.73. The van der Waals surface area contributed by atoms with Gasteiger partial charge in [0.25, 0.3) is 15.9 Å². The van der Waals surface area contributed by atoms with E-state index in [0.717, 1.165) is 6.07 Å². The molecule has 7 nitrogen and oxygen atoms in total. The number of carbonyl (C=O) groups excluding carboxylic acids is 1. The SMILES string of the molecule is Cc1ccc(NS(=O)(=O)c2cc(C(=O)NN)n(C)c2)c(F)c1. The maximum atomic E-state index is 13.8. The van der Waals surface area contributed by atoms with E-state index >= 15 is 0 Å². The zero-order chi connectivity index (χ0) is 16.5. The number of hydrogen-bond acceptors (Lipinski definition) is 4. The van der Waals surface area contributed by atoms with Crippen molar-refractivity contribution in [3.63, 3.8) is 0 Å². The summed E-state index contributed by atoms with van der Waals surface area (Å²) in [7, 11) is -2.53. The van der Waals surface area contributed by atoms with Crippen molar-refractivity contribution >= 4 is 21.6 Å². The standard InChI is InChI=1S/C13H15FN4O3S/c1-8-3-4-11(10(14)5-8)17-22(20,21)9-6-12(13(19)16-15)18(2)7-9/h3-7,17H,15H2,1-2H3,(H,16,19). The van der Waals surface area contributed by atoms with Crippen LogP contribution in [0.5, 0.6) is 0 Å². The summed E-state index contributed by atoms with van der Waals surface area (Å²) in [4.78, 5) is 11.3. The van der Waals surface area contributed by atoms with Crippen molar-refractivity contribution in [3.05, 3.63) is 47.5 Å². The molecule has 22 heavy (non-hydrogen) atoms. The summed E-state index contributed by atoms with van der Waals surface area (Å²) in [6, 6.07) is 5.28. The van der Waals surface area contributed by atoms with Crippen LogP contribution >= 0.6 is 0 Å². The number of benzene rings is 1. The van der Waals surface area contributed by atoms with Crippen LogP contribution in [0.2, 0.25) is 0 Å². The normalized spacial score (nSPS) is 11.3. The highest BCUT2D eigenvalue weighted by molar-refractivity contribution is 7.92. The van der Waals surface area contributed by atoms with Gasteiger partial charge in [0.15, 0.2) is 0 Å². The van der Waals surface area contributed by atoms with Gasteiger partial charge in [-0.1, -0.05) is 6.07 Å². The summed E-state index contributed by atoms with van der Waals surface area (Å²) in [6.45, 7) is 1.69. The molecule has 0 radical (unpaired) electrons. The minimum atomic E-state index is -4.02. The third kappa shape index (κ3) is 3.10. The number of sulfonamides is 1. The lowest BCUT2D eigenvalue weighted by Gasteiger charge is -2.08. The molecule has 0 aliphatic rings. The first-order valence-electron chi connectivity index (χ1n) is 6.21. The number of rotatable bonds is 4. The second-order valence-corrected chi connectivity index (χ2v) is 6.42. The Morgan fingerprint density at radius 2 is 2.00 bits per heavy atom. The average Bonchev–Trinajstić information content (AvgIpc) is 2.84. The average molecular weight is 326 g/mol. The Bertz CT molecular complexity index is 830. The highest BCUT2D eigenvalue weighted by Crippen LogP contribution is 2.21. The lowest BCUT2D eigenvalue weighted by molar-refractivity contribution is 0.0945. The van der Waals surface area contributed by atoms with E-state index in [9.17, 15) is 17.6 Å². The molecule has 1 amide bonds. The number of anilines is 1. The van der Waals surface area contributed by atoms with Crippen molar-refractivity contribution in [2.24, 2.45) is 12.9 Å². The minimum Gasteiger partial charge on any atom is -0.345 e. The Kier molecular flexibility index (Phi) is 4.20. The van der Waals surface area contributed by atoms with Crippen LogP contribution in [0.25, 0.3) is 0 Å². The summed E-state index contributed by atoms with van der Waals surface area (Å²) < 4.78 is 41.7. The molecular weight excluding hydrogens is 311 g/mol. The van der Waals surface area contributed by atoms with Gasteiger partial charge in [0.05, 0.1) is 5.69 Å². The van der Waals surface area contributed by atoms with E-state index in [1.807, 2.05) is 5.43 Å². The van der Waals surface area contributed by atoms with E-state index in [2.05, 4.69) is 4.72 Å². The molecule has 0 atom stereocenters. The van der Waals surface area contributed by atoms with E-state index < -0.39 is 21.7 Å². The smallest absolute Gasteiger partial charge is 0.281 e. The first-order chi connectivity index (χ1) is 10.2.